The van der Waals surface area contributed by atoms with Crippen LogP contribution in [0.3, 0.4) is 0 Å². The zero-order chi connectivity index (χ0) is 13.6. The Balaban J connectivity index is 2.76. The SMILES string of the molecule is C[SiH](C)OC#CC(Cc1ccccc1)C(C)(C)C. The molecule has 0 radical (unpaired) electrons. The van der Waals surface area contributed by atoms with E-state index in [1.165, 1.54) is 5.56 Å². The molecule has 0 amide bonds. The van der Waals surface area contributed by atoms with E-state index < -0.39 is 9.04 Å². The molecule has 0 bridgehead atoms. The lowest BCUT2D eigenvalue weighted by Gasteiger charge is -2.26. The Kier molecular flexibility index (Phi) is 5.49. The summed E-state index contributed by atoms with van der Waals surface area (Å²) in [6, 6.07) is 10.5. The third-order valence-corrected chi connectivity index (χ3v) is 3.45. The van der Waals surface area contributed by atoms with Crippen LogP contribution in [0.2, 0.25) is 13.1 Å². The summed E-state index contributed by atoms with van der Waals surface area (Å²) in [6.07, 6.45) is 3.91. The predicted octanol–water partition coefficient (Wildman–Crippen LogP) is 3.85. The molecule has 0 fully saturated rings. The van der Waals surface area contributed by atoms with Crippen molar-refractivity contribution in [3.63, 3.8) is 0 Å². The lowest BCUT2D eigenvalue weighted by Crippen LogP contribution is -2.21. The van der Waals surface area contributed by atoms with E-state index in [1.54, 1.807) is 0 Å². The van der Waals surface area contributed by atoms with Crippen LogP contribution in [0.25, 0.3) is 0 Å². The maximum absolute atomic E-state index is 5.48. The van der Waals surface area contributed by atoms with Crippen molar-refractivity contribution in [2.24, 2.45) is 11.3 Å². The Labute approximate surface area is 113 Å². The quantitative estimate of drug-likeness (QED) is 0.592. The number of benzene rings is 1. The molecule has 0 aliphatic heterocycles. The van der Waals surface area contributed by atoms with Gasteiger partial charge < -0.3 is 4.43 Å². The molecule has 1 atom stereocenters. The van der Waals surface area contributed by atoms with Crippen molar-refractivity contribution in [2.75, 3.05) is 0 Å². The van der Waals surface area contributed by atoms with Gasteiger partial charge in [-0.25, -0.2) is 0 Å². The van der Waals surface area contributed by atoms with Crippen molar-refractivity contribution < 1.29 is 4.43 Å². The second kappa shape index (κ2) is 6.66. The zero-order valence-electron chi connectivity index (χ0n) is 12.2. The molecule has 1 rings (SSSR count). The Morgan fingerprint density at radius 3 is 2.28 bits per heavy atom. The van der Waals surface area contributed by atoms with Crippen molar-refractivity contribution in [3.05, 3.63) is 35.9 Å². The summed E-state index contributed by atoms with van der Waals surface area (Å²) in [7, 11) is -1.04. The zero-order valence-corrected chi connectivity index (χ0v) is 13.3. The monoisotopic (exact) mass is 260 g/mol. The van der Waals surface area contributed by atoms with Crippen LogP contribution in [0.5, 0.6) is 0 Å². The molecular weight excluding hydrogens is 236 g/mol. The standard InChI is InChI=1S/C16H24OSi/c1-16(2,3)15(11-12-17-18(4)5)13-14-9-7-6-8-10-14/h6-10,15,18H,13H2,1-5H3. The van der Waals surface area contributed by atoms with E-state index in [-0.39, 0.29) is 5.41 Å². The Bertz CT molecular complexity index is 406. The topological polar surface area (TPSA) is 9.23 Å². The lowest BCUT2D eigenvalue weighted by molar-refractivity contribution is 0.300. The van der Waals surface area contributed by atoms with E-state index in [9.17, 15) is 0 Å². The Morgan fingerprint density at radius 2 is 1.78 bits per heavy atom. The van der Waals surface area contributed by atoms with E-state index in [2.05, 4.69) is 76.2 Å². The highest BCUT2D eigenvalue weighted by Gasteiger charge is 2.23. The average molecular weight is 260 g/mol. The molecule has 0 aliphatic rings. The van der Waals surface area contributed by atoms with Crippen LogP contribution < -0.4 is 0 Å². The van der Waals surface area contributed by atoms with Crippen LogP contribution >= 0.6 is 0 Å². The molecular formula is C16H24OSi. The molecule has 1 aromatic rings. The summed E-state index contributed by atoms with van der Waals surface area (Å²) in [5.41, 5.74) is 1.51. The van der Waals surface area contributed by atoms with E-state index in [1.807, 2.05) is 0 Å². The van der Waals surface area contributed by atoms with Gasteiger partial charge in [0.05, 0.1) is 6.11 Å². The molecule has 1 unspecified atom stereocenters. The minimum Gasteiger partial charge on any atom is -0.505 e. The fourth-order valence-corrected chi connectivity index (χ4v) is 1.95. The smallest absolute Gasteiger partial charge is 0.244 e. The van der Waals surface area contributed by atoms with Crippen molar-refractivity contribution in [2.45, 2.75) is 40.3 Å². The van der Waals surface area contributed by atoms with E-state index in [0.29, 0.717) is 5.92 Å². The molecule has 98 valence electrons. The van der Waals surface area contributed by atoms with Crippen LogP contribution in [-0.2, 0) is 10.8 Å². The summed E-state index contributed by atoms with van der Waals surface area (Å²) in [4.78, 5) is 0. The maximum atomic E-state index is 5.48. The molecule has 0 N–H and O–H groups in total. The summed E-state index contributed by atoms with van der Waals surface area (Å²) in [5.74, 6) is 3.63. The largest absolute Gasteiger partial charge is 0.505 e. The average Bonchev–Trinajstić information content (AvgIpc) is 2.27. The molecule has 0 aromatic heterocycles. The summed E-state index contributed by atoms with van der Waals surface area (Å²) >= 11 is 0. The number of hydrogen-bond acceptors (Lipinski definition) is 1. The maximum Gasteiger partial charge on any atom is 0.244 e. The van der Waals surface area contributed by atoms with Gasteiger partial charge in [0.2, 0.25) is 9.04 Å². The predicted molar refractivity (Wildman–Crippen MR) is 80.8 cm³/mol. The molecule has 2 heteroatoms. The second-order valence-electron chi connectivity index (χ2n) is 6.02. The van der Waals surface area contributed by atoms with Crippen LogP contribution in [0.15, 0.2) is 30.3 Å². The van der Waals surface area contributed by atoms with Crippen molar-refractivity contribution in [1.29, 1.82) is 0 Å². The van der Waals surface area contributed by atoms with Crippen molar-refractivity contribution in [3.8, 4) is 12.0 Å². The summed E-state index contributed by atoms with van der Waals surface area (Å²) < 4.78 is 5.48. The summed E-state index contributed by atoms with van der Waals surface area (Å²) in [6.45, 7) is 11.0. The second-order valence-corrected chi connectivity index (χ2v) is 8.35. The van der Waals surface area contributed by atoms with Gasteiger partial charge in [0.25, 0.3) is 0 Å². The first-order valence-corrected chi connectivity index (χ1v) is 9.38. The first-order chi connectivity index (χ1) is 8.39. The third kappa shape index (κ3) is 5.42. The molecule has 0 saturated heterocycles. The van der Waals surface area contributed by atoms with Gasteiger partial charge >= 0.3 is 0 Å². The summed E-state index contributed by atoms with van der Waals surface area (Å²) in [5, 5.41) is 0. The Hall–Kier alpha value is -1.20. The normalized spacial score (nSPS) is 12.8. The minimum atomic E-state index is -1.04. The van der Waals surface area contributed by atoms with Crippen molar-refractivity contribution >= 4 is 9.04 Å². The van der Waals surface area contributed by atoms with Gasteiger partial charge in [-0.1, -0.05) is 57.0 Å². The van der Waals surface area contributed by atoms with Crippen LogP contribution in [0.4, 0.5) is 0 Å². The highest BCUT2D eigenvalue weighted by Crippen LogP contribution is 2.28. The highest BCUT2D eigenvalue weighted by molar-refractivity contribution is 6.48. The minimum absolute atomic E-state index is 0.171. The third-order valence-electron chi connectivity index (χ3n) is 2.86. The molecule has 0 spiro atoms. The van der Waals surface area contributed by atoms with E-state index in [4.69, 9.17) is 4.43 Å². The Morgan fingerprint density at radius 1 is 1.17 bits per heavy atom. The van der Waals surface area contributed by atoms with Crippen LogP contribution in [0.1, 0.15) is 26.3 Å². The molecule has 0 saturated carbocycles. The molecule has 0 aliphatic carbocycles. The highest BCUT2D eigenvalue weighted by atomic mass is 28.3. The van der Waals surface area contributed by atoms with Gasteiger partial charge in [-0.15, -0.1) is 0 Å². The molecule has 1 nitrogen and oxygen atoms in total. The fraction of sp³-hybridized carbons (Fsp3) is 0.500. The molecule has 1 aromatic carbocycles. The van der Waals surface area contributed by atoms with Gasteiger partial charge in [0.15, 0.2) is 0 Å². The molecule has 0 heterocycles. The number of rotatable bonds is 3. The van der Waals surface area contributed by atoms with Gasteiger partial charge in [-0.3, -0.25) is 0 Å². The van der Waals surface area contributed by atoms with Gasteiger partial charge in [-0.05, 0) is 30.5 Å². The van der Waals surface area contributed by atoms with Gasteiger partial charge in [0, 0.05) is 5.92 Å². The van der Waals surface area contributed by atoms with Gasteiger partial charge in [-0.2, -0.15) is 0 Å². The van der Waals surface area contributed by atoms with Crippen LogP contribution in [0, 0.1) is 23.4 Å². The van der Waals surface area contributed by atoms with E-state index in [0.717, 1.165) is 6.42 Å². The first kappa shape index (κ1) is 14.9. The van der Waals surface area contributed by atoms with E-state index >= 15 is 0 Å². The first-order valence-electron chi connectivity index (χ1n) is 6.59. The van der Waals surface area contributed by atoms with Crippen LogP contribution in [-0.4, -0.2) is 9.04 Å². The molecule has 18 heavy (non-hydrogen) atoms. The lowest BCUT2D eigenvalue weighted by atomic mass is 9.78. The van der Waals surface area contributed by atoms with Crippen molar-refractivity contribution in [1.82, 2.24) is 0 Å². The van der Waals surface area contributed by atoms with Gasteiger partial charge in [0.1, 0.15) is 0 Å². The fourth-order valence-electron chi connectivity index (χ4n) is 1.65. The number of hydrogen-bond donors (Lipinski definition) is 0.